The van der Waals surface area contributed by atoms with Gasteiger partial charge in [0.1, 0.15) is 0 Å². The molecule has 3 N–H and O–H groups in total. The van der Waals surface area contributed by atoms with Gasteiger partial charge in [0.25, 0.3) is 0 Å². The molecule has 0 aliphatic carbocycles. The van der Waals surface area contributed by atoms with Crippen molar-refractivity contribution in [1.82, 2.24) is 5.32 Å². The summed E-state index contributed by atoms with van der Waals surface area (Å²) in [4.78, 5) is 21.1. The van der Waals surface area contributed by atoms with E-state index in [1.54, 1.807) is 0 Å². The summed E-state index contributed by atoms with van der Waals surface area (Å²) in [5, 5.41) is 21.2. The second-order valence-corrected chi connectivity index (χ2v) is 8.15. The predicted octanol–water partition coefficient (Wildman–Crippen LogP) is 4.75. The summed E-state index contributed by atoms with van der Waals surface area (Å²) in [7, 11) is 0. The van der Waals surface area contributed by atoms with Crippen LogP contribution in [0.3, 0.4) is 0 Å². The maximum Gasteiger partial charge on any atom is 0.303 e. The van der Waals surface area contributed by atoms with Crippen LogP contribution in [0, 0.1) is 0 Å². The van der Waals surface area contributed by atoms with E-state index in [1.165, 1.54) is 38.5 Å². The molecular formula is C22H41NO5. The van der Waals surface area contributed by atoms with E-state index in [1.807, 2.05) is 0 Å². The van der Waals surface area contributed by atoms with Crippen molar-refractivity contribution < 1.29 is 24.5 Å². The van der Waals surface area contributed by atoms with E-state index in [2.05, 4.69) is 5.32 Å². The van der Waals surface area contributed by atoms with E-state index in [0.29, 0.717) is 24.9 Å². The van der Waals surface area contributed by atoms with Crippen molar-refractivity contribution in [3.63, 3.8) is 0 Å². The molecule has 0 aromatic heterocycles. The normalized spacial score (nSPS) is 15.2. The van der Waals surface area contributed by atoms with Gasteiger partial charge in [0.15, 0.2) is 0 Å². The molecule has 0 unspecified atom stereocenters. The van der Waals surface area contributed by atoms with Gasteiger partial charge in [0.2, 0.25) is 0 Å². The molecule has 0 amide bonds. The first-order valence-electron chi connectivity index (χ1n) is 11.4. The van der Waals surface area contributed by atoms with Gasteiger partial charge < -0.3 is 20.3 Å². The molecule has 1 rings (SSSR count). The molecule has 0 saturated carbocycles. The van der Waals surface area contributed by atoms with E-state index in [-0.39, 0.29) is 0 Å². The molecule has 1 aliphatic rings. The summed E-state index contributed by atoms with van der Waals surface area (Å²) >= 11 is 0. The molecule has 0 aromatic rings. The molecule has 1 saturated heterocycles. The lowest BCUT2D eigenvalue weighted by atomic mass is 9.98. The van der Waals surface area contributed by atoms with Crippen molar-refractivity contribution in [2.75, 3.05) is 13.2 Å². The van der Waals surface area contributed by atoms with Gasteiger partial charge in [-0.1, -0.05) is 51.4 Å². The summed E-state index contributed by atoms with van der Waals surface area (Å²) in [6.07, 6.45) is 15.8. The fraction of sp³-hybridized carbons (Fsp3) is 0.909. The highest BCUT2D eigenvalue weighted by atomic mass is 16.5. The first-order valence-corrected chi connectivity index (χ1v) is 11.4. The van der Waals surface area contributed by atoms with Crippen LogP contribution in [0.5, 0.6) is 0 Å². The van der Waals surface area contributed by atoms with Gasteiger partial charge in [-0.15, -0.1) is 0 Å². The van der Waals surface area contributed by atoms with E-state index in [9.17, 15) is 9.59 Å². The smallest absolute Gasteiger partial charge is 0.303 e. The Morgan fingerprint density at radius 1 is 0.750 bits per heavy atom. The second kappa shape index (κ2) is 16.8. The van der Waals surface area contributed by atoms with Crippen molar-refractivity contribution in [2.24, 2.45) is 0 Å². The Morgan fingerprint density at radius 3 is 1.64 bits per heavy atom. The molecule has 0 bridgehead atoms. The minimum atomic E-state index is -0.691. The number of hydrogen-bond acceptors (Lipinski definition) is 4. The molecular weight excluding hydrogens is 358 g/mol. The Hall–Kier alpha value is -1.14. The predicted molar refractivity (Wildman–Crippen MR) is 111 cm³/mol. The number of hydrogen-bond donors (Lipinski definition) is 3. The van der Waals surface area contributed by atoms with E-state index in [4.69, 9.17) is 14.9 Å². The number of carbonyl (C=O) groups is 2. The third-order valence-electron chi connectivity index (χ3n) is 5.58. The first kappa shape index (κ1) is 24.9. The van der Waals surface area contributed by atoms with Gasteiger partial charge in [-0.2, -0.15) is 0 Å². The van der Waals surface area contributed by atoms with Gasteiger partial charge in [-0.3, -0.25) is 9.59 Å². The van der Waals surface area contributed by atoms with E-state index < -0.39 is 11.9 Å². The minimum Gasteiger partial charge on any atom is -0.481 e. The highest BCUT2D eigenvalue weighted by Crippen LogP contribution is 2.17. The Kier molecular flexibility index (Phi) is 14.9. The lowest BCUT2D eigenvalue weighted by Gasteiger charge is -2.29. The number of unbranched alkanes of at least 4 members (excludes halogenated alkanes) is 8. The van der Waals surface area contributed by atoms with Crippen LogP contribution >= 0.6 is 0 Å². The number of nitrogens with one attached hydrogen (secondary N) is 1. The Balaban J connectivity index is 2.16. The van der Waals surface area contributed by atoms with Crippen LogP contribution in [0.4, 0.5) is 0 Å². The molecule has 0 atom stereocenters. The average molecular weight is 400 g/mol. The van der Waals surface area contributed by atoms with Crippen molar-refractivity contribution >= 4 is 11.9 Å². The van der Waals surface area contributed by atoms with Gasteiger partial charge in [0, 0.05) is 38.1 Å². The molecule has 1 heterocycles. The fourth-order valence-electron chi connectivity index (χ4n) is 3.90. The summed E-state index contributed by atoms with van der Waals surface area (Å²) in [5.74, 6) is -1.38. The summed E-state index contributed by atoms with van der Waals surface area (Å²) in [6, 6.07) is 1.13. The number of rotatable bonds is 18. The molecule has 0 spiro atoms. The Bertz CT molecular complexity index is 382. The maximum absolute atomic E-state index is 10.5. The molecule has 0 aromatic carbocycles. The second-order valence-electron chi connectivity index (χ2n) is 8.15. The number of aliphatic carboxylic acids is 2. The number of carboxylic acid groups (broad SMARTS) is 2. The maximum atomic E-state index is 10.5. The van der Waals surface area contributed by atoms with Crippen molar-refractivity contribution in [2.45, 2.75) is 115 Å². The molecule has 0 radical (unpaired) electrons. The highest BCUT2D eigenvalue weighted by molar-refractivity contribution is 5.66. The SMILES string of the molecule is O=C(O)CCCCCCCC(CCCCCCCC(=O)O)NC1CCOCC1. The Morgan fingerprint density at radius 2 is 1.18 bits per heavy atom. The first-order chi connectivity index (χ1) is 13.6. The fourth-order valence-corrected chi connectivity index (χ4v) is 3.90. The van der Waals surface area contributed by atoms with E-state index >= 15 is 0 Å². The van der Waals surface area contributed by atoms with Crippen LogP contribution < -0.4 is 5.32 Å². The summed E-state index contributed by atoms with van der Waals surface area (Å²) in [5.41, 5.74) is 0. The third-order valence-corrected chi connectivity index (χ3v) is 5.58. The van der Waals surface area contributed by atoms with Crippen LogP contribution in [0.2, 0.25) is 0 Å². The molecule has 6 nitrogen and oxygen atoms in total. The minimum absolute atomic E-state index is 0.292. The van der Waals surface area contributed by atoms with Crippen LogP contribution in [-0.4, -0.2) is 47.4 Å². The van der Waals surface area contributed by atoms with Crippen LogP contribution in [0.1, 0.15) is 103 Å². The van der Waals surface area contributed by atoms with Crippen molar-refractivity contribution in [1.29, 1.82) is 0 Å². The quantitative estimate of drug-likeness (QED) is 0.288. The van der Waals surface area contributed by atoms with Crippen molar-refractivity contribution in [3.05, 3.63) is 0 Å². The summed E-state index contributed by atoms with van der Waals surface area (Å²) < 4.78 is 5.46. The van der Waals surface area contributed by atoms with Crippen LogP contribution in [0.15, 0.2) is 0 Å². The largest absolute Gasteiger partial charge is 0.481 e. The number of carboxylic acids is 2. The molecule has 28 heavy (non-hydrogen) atoms. The standard InChI is InChI=1S/C22H41NO5/c24-21(25)13-9-5-1-3-7-11-19(23-20-15-17-28-18-16-20)12-8-4-2-6-10-14-22(26)27/h19-20,23H,1-18H2,(H,24,25)(H,26,27). The Labute approximate surface area is 170 Å². The average Bonchev–Trinajstić information content (AvgIpc) is 2.66. The molecule has 1 aliphatic heterocycles. The lowest BCUT2D eigenvalue weighted by Crippen LogP contribution is -2.41. The highest BCUT2D eigenvalue weighted by Gasteiger charge is 2.17. The van der Waals surface area contributed by atoms with Crippen LogP contribution in [-0.2, 0) is 14.3 Å². The molecule has 1 fully saturated rings. The monoisotopic (exact) mass is 399 g/mol. The molecule has 164 valence electrons. The van der Waals surface area contributed by atoms with Gasteiger partial charge in [0.05, 0.1) is 0 Å². The molecule has 6 heteroatoms. The zero-order valence-corrected chi connectivity index (χ0v) is 17.5. The van der Waals surface area contributed by atoms with E-state index in [0.717, 1.165) is 64.6 Å². The number of ether oxygens (including phenoxy) is 1. The van der Waals surface area contributed by atoms with Gasteiger partial charge >= 0.3 is 11.9 Å². The third kappa shape index (κ3) is 14.9. The zero-order valence-electron chi connectivity index (χ0n) is 17.5. The van der Waals surface area contributed by atoms with Crippen molar-refractivity contribution in [3.8, 4) is 0 Å². The zero-order chi connectivity index (χ0) is 20.5. The van der Waals surface area contributed by atoms with Gasteiger partial charge in [-0.25, -0.2) is 0 Å². The topological polar surface area (TPSA) is 95.9 Å². The summed E-state index contributed by atoms with van der Waals surface area (Å²) in [6.45, 7) is 1.72. The van der Waals surface area contributed by atoms with Crippen LogP contribution in [0.25, 0.3) is 0 Å². The lowest BCUT2D eigenvalue weighted by molar-refractivity contribution is -0.138. The van der Waals surface area contributed by atoms with Gasteiger partial charge in [-0.05, 0) is 38.5 Å².